The molecule has 2 aromatic rings. The number of halogens is 3. The Balaban J connectivity index is 1.96. The van der Waals surface area contributed by atoms with Gasteiger partial charge in [-0.15, -0.1) is 0 Å². The molecule has 1 atom stereocenters. The fourth-order valence-electron chi connectivity index (χ4n) is 2.68. The van der Waals surface area contributed by atoms with E-state index in [9.17, 15) is 18.0 Å². The lowest BCUT2D eigenvalue weighted by molar-refractivity contribution is -0.137. The van der Waals surface area contributed by atoms with Crippen molar-refractivity contribution < 1.29 is 27.4 Å². The number of benzene rings is 2. The molecule has 0 fully saturated rings. The molecule has 1 unspecified atom stereocenters. The van der Waals surface area contributed by atoms with Gasteiger partial charge in [0.25, 0.3) is 0 Å². The largest absolute Gasteiger partial charge is 0.493 e. The molecule has 7 heteroatoms. The minimum absolute atomic E-state index is 0.207. The molecule has 0 radical (unpaired) electrons. The van der Waals surface area contributed by atoms with Crippen LogP contribution in [0.3, 0.4) is 0 Å². The first kappa shape index (κ1) is 20.6. The van der Waals surface area contributed by atoms with E-state index in [0.29, 0.717) is 23.5 Å². The predicted octanol–water partition coefficient (Wildman–Crippen LogP) is 4.53. The molecule has 0 heterocycles. The average molecular weight is 381 g/mol. The van der Waals surface area contributed by atoms with Crippen molar-refractivity contribution in [3.8, 4) is 11.5 Å². The predicted molar refractivity (Wildman–Crippen MR) is 95.9 cm³/mol. The molecule has 27 heavy (non-hydrogen) atoms. The molecule has 2 aromatic carbocycles. The molecule has 0 saturated heterocycles. The second kappa shape index (κ2) is 8.79. The molecule has 0 spiro atoms. The van der Waals surface area contributed by atoms with Crippen molar-refractivity contribution in [1.82, 2.24) is 5.32 Å². The number of hydrogen-bond donors (Lipinski definition) is 1. The Kier molecular flexibility index (Phi) is 6.71. The van der Waals surface area contributed by atoms with Gasteiger partial charge >= 0.3 is 6.18 Å². The summed E-state index contributed by atoms with van der Waals surface area (Å²) in [4.78, 5) is 12.2. The maximum Gasteiger partial charge on any atom is 0.416 e. The van der Waals surface area contributed by atoms with Crippen LogP contribution in [0.25, 0.3) is 0 Å². The van der Waals surface area contributed by atoms with Crippen LogP contribution in [0.5, 0.6) is 11.5 Å². The lowest BCUT2D eigenvalue weighted by Crippen LogP contribution is -2.27. The molecule has 0 saturated carbocycles. The van der Waals surface area contributed by atoms with Crippen molar-refractivity contribution in [3.05, 3.63) is 59.2 Å². The summed E-state index contributed by atoms with van der Waals surface area (Å²) in [6.07, 6.45) is -3.73. The molecular formula is C20H22F3NO3. The molecule has 1 N–H and O–H groups in total. The third kappa shape index (κ3) is 5.64. The zero-order chi connectivity index (χ0) is 20.0. The van der Waals surface area contributed by atoms with Crippen molar-refractivity contribution in [2.45, 2.75) is 32.0 Å². The number of aryl methyl sites for hydroxylation is 1. The zero-order valence-corrected chi connectivity index (χ0v) is 15.4. The molecule has 0 aliphatic carbocycles. The van der Waals surface area contributed by atoms with Crippen molar-refractivity contribution in [2.24, 2.45) is 0 Å². The Morgan fingerprint density at radius 1 is 1.07 bits per heavy atom. The third-order valence-corrected chi connectivity index (χ3v) is 4.18. The minimum Gasteiger partial charge on any atom is -0.493 e. The molecule has 0 aliphatic heterocycles. The minimum atomic E-state index is -4.41. The lowest BCUT2D eigenvalue weighted by atomic mass is 10.0. The number of rotatable bonds is 7. The van der Waals surface area contributed by atoms with Crippen molar-refractivity contribution >= 4 is 5.91 Å². The first-order chi connectivity index (χ1) is 12.7. The van der Waals surface area contributed by atoms with Gasteiger partial charge in [-0.3, -0.25) is 4.79 Å². The normalized spacial score (nSPS) is 12.4. The monoisotopic (exact) mass is 381 g/mol. The van der Waals surface area contributed by atoms with Gasteiger partial charge in [-0.25, -0.2) is 0 Å². The Labute approximate surface area is 156 Å². The first-order valence-corrected chi connectivity index (χ1v) is 8.42. The maximum atomic E-state index is 12.8. The number of carbonyl (C=O) groups is 1. The summed E-state index contributed by atoms with van der Waals surface area (Å²) in [6.45, 7) is 1.66. The van der Waals surface area contributed by atoms with E-state index in [0.717, 1.165) is 17.7 Å². The highest BCUT2D eigenvalue weighted by Gasteiger charge is 2.30. The Bertz CT molecular complexity index is 790. The molecular weight excluding hydrogens is 359 g/mol. The maximum absolute atomic E-state index is 12.8. The Hall–Kier alpha value is -2.70. The third-order valence-electron chi connectivity index (χ3n) is 4.18. The highest BCUT2D eigenvalue weighted by Crippen LogP contribution is 2.31. The van der Waals surface area contributed by atoms with Crippen LogP contribution in [-0.2, 0) is 17.4 Å². The van der Waals surface area contributed by atoms with E-state index in [4.69, 9.17) is 9.47 Å². The zero-order valence-electron chi connectivity index (χ0n) is 15.4. The summed E-state index contributed by atoms with van der Waals surface area (Å²) in [6, 6.07) is 9.84. The SMILES string of the molecule is COc1ccc(CCC(=O)NC(C)c2cccc(C(F)(F)F)c2)cc1OC. The van der Waals surface area contributed by atoms with Gasteiger partial charge in [-0.05, 0) is 48.7 Å². The smallest absolute Gasteiger partial charge is 0.416 e. The van der Waals surface area contributed by atoms with Gasteiger partial charge in [-0.1, -0.05) is 18.2 Å². The topological polar surface area (TPSA) is 47.6 Å². The van der Waals surface area contributed by atoms with Crippen LogP contribution >= 0.6 is 0 Å². The molecule has 0 aliphatic rings. The highest BCUT2D eigenvalue weighted by atomic mass is 19.4. The van der Waals surface area contributed by atoms with Gasteiger partial charge in [0.2, 0.25) is 5.91 Å². The first-order valence-electron chi connectivity index (χ1n) is 8.42. The van der Waals surface area contributed by atoms with Crippen molar-refractivity contribution in [1.29, 1.82) is 0 Å². The fraction of sp³-hybridized carbons (Fsp3) is 0.350. The standard InChI is InChI=1S/C20H22F3NO3/c1-13(15-5-4-6-16(12-15)20(21,22)23)24-19(25)10-8-14-7-9-17(26-2)18(11-14)27-3/h4-7,9,11-13H,8,10H2,1-3H3,(H,24,25). The Morgan fingerprint density at radius 3 is 2.41 bits per heavy atom. The van der Waals surface area contributed by atoms with Gasteiger partial charge in [-0.2, -0.15) is 13.2 Å². The van der Waals surface area contributed by atoms with Crippen LogP contribution < -0.4 is 14.8 Å². The molecule has 1 amide bonds. The second-order valence-electron chi connectivity index (χ2n) is 6.10. The van der Waals surface area contributed by atoms with E-state index >= 15 is 0 Å². The van der Waals surface area contributed by atoms with Gasteiger partial charge in [0.1, 0.15) is 0 Å². The van der Waals surface area contributed by atoms with Crippen LogP contribution in [0.2, 0.25) is 0 Å². The van der Waals surface area contributed by atoms with Gasteiger partial charge in [0, 0.05) is 6.42 Å². The highest BCUT2D eigenvalue weighted by molar-refractivity contribution is 5.76. The van der Waals surface area contributed by atoms with E-state index in [-0.39, 0.29) is 12.3 Å². The number of ether oxygens (including phenoxy) is 2. The van der Waals surface area contributed by atoms with E-state index in [1.807, 2.05) is 6.07 Å². The van der Waals surface area contributed by atoms with Crippen LogP contribution in [0.1, 0.15) is 36.1 Å². The summed E-state index contributed by atoms with van der Waals surface area (Å²) in [5.74, 6) is 0.936. The van der Waals surface area contributed by atoms with Crippen molar-refractivity contribution in [2.75, 3.05) is 14.2 Å². The van der Waals surface area contributed by atoms with Crippen LogP contribution in [0.4, 0.5) is 13.2 Å². The quantitative estimate of drug-likeness (QED) is 0.766. The van der Waals surface area contributed by atoms with E-state index in [1.165, 1.54) is 13.2 Å². The summed E-state index contributed by atoms with van der Waals surface area (Å²) in [7, 11) is 3.07. The molecule has 146 valence electrons. The summed E-state index contributed by atoms with van der Waals surface area (Å²) in [5, 5.41) is 2.73. The van der Waals surface area contributed by atoms with E-state index in [2.05, 4.69) is 5.32 Å². The fourth-order valence-corrected chi connectivity index (χ4v) is 2.68. The molecule has 0 aromatic heterocycles. The number of methoxy groups -OCH3 is 2. The van der Waals surface area contributed by atoms with E-state index in [1.54, 1.807) is 32.2 Å². The molecule has 2 rings (SSSR count). The van der Waals surface area contributed by atoms with Gasteiger partial charge in [0.15, 0.2) is 11.5 Å². The van der Waals surface area contributed by atoms with Crippen LogP contribution in [0.15, 0.2) is 42.5 Å². The number of hydrogen-bond acceptors (Lipinski definition) is 3. The lowest BCUT2D eigenvalue weighted by Gasteiger charge is -2.16. The summed E-state index contributed by atoms with van der Waals surface area (Å²) < 4.78 is 48.8. The number of alkyl halides is 3. The van der Waals surface area contributed by atoms with Gasteiger partial charge < -0.3 is 14.8 Å². The number of amides is 1. The van der Waals surface area contributed by atoms with E-state index < -0.39 is 17.8 Å². The van der Waals surface area contributed by atoms with Crippen LogP contribution in [-0.4, -0.2) is 20.1 Å². The van der Waals surface area contributed by atoms with Gasteiger partial charge in [0.05, 0.1) is 25.8 Å². The number of carbonyl (C=O) groups excluding carboxylic acids is 1. The van der Waals surface area contributed by atoms with Crippen molar-refractivity contribution in [3.63, 3.8) is 0 Å². The Morgan fingerprint density at radius 2 is 1.78 bits per heavy atom. The number of nitrogens with one attached hydrogen (secondary N) is 1. The second-order valence-corrected chi connectivity index (χ2v) is 6.10. The molecule has 0 bridgehead atoms. The summed E-state index contributed by atoms with van der Waals surface area (Å²) >= 11 is 0. The summed E-state index contributed by atoms with van der Waals surface area (Å²) in [5.41, 5.74) is 0.574. The van der Waals surface area contributed by atoms with Crippen LogP contribution in [0, 0.1) is 0 Å². The molecule has 4 nitrogen and oxygen atoms in total. The average Bonchev–Trinajstić information content (AvgIpc) is 2.65.